The van der Waals surface area contributed by atoms with Crippen LogP contribution in [0.25, 0.3) is 0 Å². The lowest BCUT2D eigenvalue weighted by Crippen LogP contribution is -2.43. The predicted molar refractivity (Wildman–Crippen MR) is 163 cm³/mol. The van der Waals surface area contributed by atoms with Gasteiger partial charge in [-0.3, -0.25) is 9.79 Å². The largest absolute Gasteiger partial charge is 0.573 e. The SMILES string of the molecule is C=Nc1cc(OCC(=O)Nc2cccc(OC(F)F)c2)ccc1N(CNc1ccc(OC(F)(F)F)cc1)C1CC(C)CC(C)C1. The molecule has 45 heavy (non-hydrogen) atoms. The van der Waals surface area contributed by atoms with Crippen molar-refractivity contribution in [1.29, 1.82) is 0 Å². The summed E-state index contributed by atoms with van der Waals surface area (Å²) in [6.07, 6.45) is -1.79. The molecule has 4 rings (SSSR count). The Morgan fingerprint density at radius 3 is 2.29 bits per heavy atom. The summed E-state index contributed by atoms with van der Waals surface area (Å²) in [5.74, 6) is 0.437. The number of hydrogen-bond acceptors (Lipinski definition) is 7. The van der Waals surface area contributed by atoms with Crippen LogP contribution < -0.4 is 29.7 Å². The van der Waals surface area contributed by atoms with Gasteiger partial charge in [0.2, 0.25) is 0 Å². The standard InChI is InChI=1S/C32H35F5N4O4/c1-20-13-21(2)15-24(14-20)41(19-39-22-7-9-25(10-8-22)45-32(35,36)37)29-12-11-26(17-28(29)38-3)43-18-30(42)40-23-5-4-6-27(16-23)44-31(33)34/h4-12,16-17,20-21,24,31,39H,3,13-15,18-19H2,1-2H3,(H,40,42). The van der Waals surface area contributed by atoms with Crippen LogP contribution in [0.2, 0.25) is 0 Å². The van der Waals surface area contributed by atoms with Gasteiger partial charge < -0.3 is 29.7 Å². The summed E-state index contributed by atoms with van der Waals surface area (Å²) in [4.78, 5) is 18.9. The number of amides is 1. The molecule has 0 aromatic heterocycles. The van der Waals surface area contributed by atoms with Crippen molar-refractivity contribution < 1.29 is 41.0 Å². The molecule has 13 heteroatoms. The van der Waals surface area contributed by atoms with Gasteiger partial charge in [0.1, 0.15) is 17.2 Å². The fourth-order valence-corrected chi connectivity index (χ4v) is 5.58. The first-order valence-corrected chi connectivity index (χ1v) is 14.3. The summed E-state index contributed by atoms with van der Waals surface area (Å²) >= 11 is 0. The van der Waals surface area contributed by atoms with E-state index >= 15 is 0 Å². The van der Waals surface area contributed by atoms with E-state index in [0.717, 1.165) is 24.9 Å². The molecule has 1 fully saturated rings. The highest BCUT2D eigenvalue weighted by Gasteiger charge is 2.31. The zero-order valence-corrected chi connectivity index (χ0v) is 24.8. The number of alkyl halides is 5. The third-order valence-electron chi connectivity index (χ3n) is 7.28. The number of rotatable bonds is 13. The lowest BCUT2D eigenvalue weighted by molar-refractivity contribution is -0.274. The van der Waals surface area contributed by atoms with Gasteiger partial charge in [-0.05, 0) is 86.3 Å². The lowest BCUT2D eigenvalue weighted by Gasteiger charge is -2.41. The van der Waals surface area contributed by atoms with Crippen molar-refractivity contribution in [1.82, 2.24) is 0 Å². The van der Waals surface area contributed by atoms with E-state index < -0.39 is 18.9 Å². The highest BCUT2D eigenvalue weighted by atomic mass is 19.4. The maximum absolute atomic E-state index is 12.6. The van der Waals surface area contributed by atoms with Gasteiger partial charge in [-0.2, -0.15) is 8.78 Å². The van der Waals surface area contributed by atoms with E-state index in [1.54, 1.807) is 12.1 Å². The third kappa shape index (κ3) is 10.3. The number of nitrogens with zero attached hydrogens (tertiary/aromatic N) is 2. The topological polar surface area (TPSA) is 84.4 Å². The van der Waals surface area contributed by atoms with Gasteiger partial charge in [-0.1, -0.05) is 19.9 Å². The molecule has 2 unspecified atom stereocenters. The van der Waals surface area contributed by atoms with Crippen LogP contribution in [0.4, 0.5) is 44.7 Å². The quantitative estimate of drug-likeness (QED) is 0.112. The van der Waals surface area contributed by atoms with Gasteiger partial charge in [0, 0.05) is 29.5 Å². The Morgan fingerprint density at radius 1 is 0.956 bits per heavy atom. The molecule has 3 aromatic rings. The first-order valence-electron chi connectivity index (χ1n) is 14.3. The number of aliphatic imine (C=N–C) groups is 1. The first-order chi connectivity index (χ1) is 21.4. The third-order valence-corrected chi connectivity index (χ3v) is 7.28. The van der Waals surface area contributed by atoms with Gasteiger partial charge in [0.25, 0.3) is 5.91 Å². The van der Waals surface area contributed by atoms with Crippen LogP contribution in [-0.4, -0.2) is 44.9 Å². The number of nitrogens with one attached hydrogen (secondary N) is 2. The Morgan fingerprint density at radius 2 is 1.64 bits per heavy atom. The van der Waals surface area contributed by atoms with Crippen molar-refractivity contribution >= 4 is 35.4 Å². The first kappa shape index (κ1) is 33.3. The number of carbonyl (C=O) groups is 1. The van der Waals surface area contributed by atoms with E-state index in [4.69, 9.17) is 4.74 Å². The van der Waals surface area contributed by atoms with Gasteiger partial charge in [0.15, 0.2) is 6.61 Å². The smallest absolute Gasteiger partial charge is 0.484 e. The maximum atomic E-state index is 12.6. The summed E-state index contributed by atoms with van der Waals surface area (Å²) in [6.45, 7) is 5.15. The van der Waals surface area contributed by atoms with Crippen molar-refractivity contribution in [2.45, 2.75) is 52.1 Å². The Balaban J connectivity index is 1.46. The average molecular weight is 635 g/mol. The molecule has 1 amide bonds. The number of carbonyl (C=O) groups excluding carboxylic acids is 1. The minimum absolute atomic E-state index is 0.0886. The van der Waals surface area contributed by atoms with E-state index in [9.17, 15) is 26.7 Å². The minimum Gasteiger partial charge on any atom is -0.484 e. The van der Waals surface area contributed by atoms with Crippen LogP contribution >= 0.6 is 0 Å². The van der Waals surface area contributed by atoms with Crippen LogP contribution in [0, 0.1) is 11.8 Å². The maximum Gasteiger partial charge on any atom is 0.573 e. The number of ether oxygens (including phenoxy) is 3. The van der Waals surface area contributed by atoms with Crippen LogP contribution in [0.5, 0.6) is 17.2 Å². The zero-order chi connectivity index (χ0) is 32.6. The van der Waals surface area contributed by atoms with Crippen molar-refractivity contribution in [3.05, 3.63) is 66.7 Å². The zero-order valence-electron chi connectivity index (χ0n) is 24.8. The Kier molecular flexibility index (Phi) is 11.1. The Hall–Kier alpha value is -4.55. The van der Waals surface area contributed by atoms with Crippen LogP contribution in [0.15, 0.2) is 71.7 Å². The number of benzene rings is 3. The van der Waals surface area contributed by atoms with E-state index in [0.29, 0.717) is 35.6 Å². The van der Waals surface area contributed by atoms with Gasteiger partial charge >= 0.3 is 13.0 Å². The van der Waals surface area contributed by atoms with Crippen LogP contribution in [0.1, 0.15) is 33.1 Å². The molecule has 0 radical (unpaired) electrons. The van der Waals surface area contributed by atoms with E-state index in [-0.39, 0.29) is 29.8 Å². The molecule has 1 aliphatic carbocycles. The Labute approximate surface area is 258 Å². The molecular formula is C32H35F5N4O4. The molecule has 1 aliphatic rings. The second-order valence-electron chi connectivity index (χ2n) is 11.0. The number of anilines is 3. The molecule has 0 bridgehead atoms. The van der Waals surface area contributed by atoms with Gasteiger partial charge in [-0.25, -0.2) is 0 Å². The molecule has 3 aromatic carbocycles. The molecule has 8 nitrogen and oxygen atoms in total. The summed E-state index contributed by atoms with van der Waals surface area (Å²) in [5, 5.41) is 5.87. The molecule has 0 saturated heterocycles. The summed E-state index contributed by atoms with van der Waals surface area (Å²) in [6, 6.07) is 16.5. The second-order valence-corrected chi connectivity index (χ2v) is 11.0. The molecule has 2 N–H and O–H groups in total. The van der Waals surface area contributed by atoms with Crippen molar-refractivity contribution in [2.24, 2.45) is 16.8 Å². The van der Waals surface area contributed by atoms with Crippen molar-refractivity contribution in [3.63, 3.8) is 0 Å². The second kappa shape index (κ2) is 15.0. The number of hydrogen-bond donors (Lipinski definition) is 2. The molecule has 0 spiro atoms. The average Bonchev–Trinajstić information content (AvgIpc) is 2.96. The normalized spacial score (nSPS) is 18.2. The summed E-state index contributed by atoms with van der Waals surface area (Å²) in [7, 11) is 0. The lowest BCUT2D eigenvalue weighted by atomic mass is 9.79. The van der Waals surface area contributed by atoms with E-state index in [1.807, 2.05) is 6.07 Å². The highest BCUT2D eigenvalue weighted by Crippen LogP contribution is 2.39. The van der Waals surface area contributed by atoms with Crippen LogP contribution in [-0.2, 0) is 4.79 Å². The fourth-order valence-electron chi connectivity index (χ4n) is 5.58. The minimum atomic E-state index is -4.77. The van der Waals surface area contributed by atoms with Crippen LogP contribution in [0.3, 0.4) is 0 Å². The highest BCUT2D eigenvalue weighted by molar-refractivity contribution is 5.92. The fraction of sp³-hybridized carbons (Fsp3) is 0.375. The van der Waals surface area contributed by atoms with E-state index in [1.165, 1.54) is 48.5 Å². The molecule has 2 atom stereocenters. The van der Waals surface area contributed by atoms with Crippen molar-refractivity contribution in [2.75, 3.05) is 28.8 Å². The molecular weight excluding hydrogens is 599 g/mol. The molecule has 0 heterocycles. The van der Waals surface area contributed by atoms with Crippen molar-refractivity contribution in [3.8, 4) is 17.2 Å². The van der Waals surface area contributed by atoms with Gasteiger partial charge in [0.05, 0.1) is 18.0 Å². The molecule has 242 valence electrons. The van der Waals surface area contributed by atoms with E-state index in [2.05, 4.69) is 50.6 Å². The summed E-state index contributed by atoms with van der Waals surface area (Å²) < 4.78 is 76.7. The molecule has 1 saturated carbocycles. The Bertz CT molecular complexity index is 1430. The summed E-state index contributed by atoms with van der Waals surface area (Å²) in [5.41, 5.74) is 2.17. The molecule has 0 aliphatic heterocycles. The van der Waals surface area contributed by atoms with Gasteiger partial charge in [-0.15, -0.1) is 13.2 Å². The number of halogens is 5. The predicted octanol–water partition coefficient (Wildman–Crippen LogP) is 8.24. The monoisotopic (exact) mass is 634 g/mol.